The van der Waals surface area contributed by atoms with E-state index in [-0.39, 0.29) is 40.9 Å². The highest BCUT2D eigenvalue weighted by atomic mass is 35.5. The number of fused-ring (bicyclic) bond motifs is 5. The van der Waals surface area contributed by atoms with E-state index in [1.54, 1.807) is 7.11 Å². The monoisotopic (exact) mass is 426 g/mol. The van der Waals surface area contributed by atoms with Gasteiger partial charge in [-0.15, -0.1) is 11.6 Å². The number of aromatic hydroxyl groups is 1. The zero-order chi connectivity index (χ0) is 21.1. The smallest absolute Gasteiger partial charge is 0.201 e. The second-order valence-electron chi connectivity index (χ2n) is 8.98. The lowest BCUT2D eigenvalue weighted by molar-refractivity contribution is -0.0610. The molecule has 3 aliphatic rings. The molecule has 0 bridgehead atoms. The van der Waals surface area contributed by atoms with E-state index in [4.69, 9.17) is 25.8 Å². The Morgan fingerprint density at radius 1 is 1.07 bits per heavy atom. The molecule has 3 aliphatic carbocycles. The standard InChI is InChI=1S/C22H31ClO6/c1-22-6-5-10-11(13(22)8-14(24)21(22)26)7-15(27-2)17-16(10)12(9-23)19(28-3)18(25)20(17)29-4/h10-11,13-15,21,24-26H,5-9H2,1-4H3/t10-,11+,13-,14+,15?,21-,22-/m0/s1. The number of hydrogen-bond acceptors (Lipinski definition) is 6. The van der Waals surface area contributed by atoms with E-state index in [1.807, 2.05) is 0 Å². The minimum Gasteiger partial charge on any atom is -0.502 e. The van der Waals surface area contributed by atoms with Crippen molar-refractivity contribution < 1.29 is 29.5 Å². The van der Waals surface area contributed by atoms with Gasteiger partial charge in [-0.25, -0.2) is 0 Å². The summed E-state index contributed by atoms with van der Waals surface area (Å²) in [6, 6.07) is 0. The molecule has 2 saturated carbocycles. The van der Waals surface area contributed by atoms with Crippen LogP contribution in [0.15, 0.2) is 0 Å². The van der Waals surface area contributed by atoms with Gasteiger partial charge in [0, 0.05) is 18.2 Å². The Labute approximate surface area is 176 Å². The molecule has 3 N–H and O–H groups in total. The van der Waals surface area contributed by atoms with Gasteiger partial charge < -0.3 is 29.5 Å². The number of benzene rings is 1. The van der Waals surface area contributed by atoms with Crippen molar-refractivity contribution >= 4 is 11.6 Å². The quantitative estimate of drug-likeness (QED) is 0.639. The third-order valence-electron chi connectivity index (χ3n) is 7.98. The predicted octanol–water partition coefficient (Wildman–Crippen LogP) is 3.48. The number of phenolic OH excluding ortho intramolecular Hbond substituents is 1. The molecule has 1 aromatic carbocycles. The van der Waals surface area contributed by atoms with E-state index < -0.39 is 12.2 Å². The van der Waals surface area contributed by atoms with Crippen molar-refractivity contribution in [3.63, 3.8) is 0 Å². The van der Waals surface area contributed by atoms with Crippen molar-refractivity contribution in [2.45, 2.75) is 62.7 Å². The third-order valence-corrected chi connectivity index (χ3v) is 8.25. The van der Waals surface area contributed by atoms with E-state index in [0.29, 0.717) is 17.9 Å². The van der Waals surface area contributed by atoms with E-state index >= 15 is 0 Å². The summed E-state index contributed by atoms with van der Waals surface area (Å²) in [7, 11) is 4.72. The molecule has 7 heteroatoms. The molecule has 7 atom stereocenters. The Hall–Kier alpha value is -1.21. The number of hydrogen-bond donors (Lipinski definition) is 3. The summed E-state index contributed by atoms with van der Waals surface area (Å²) in [5, 5.41) is 31.9. The Balaban J connectivity index is 1.92. The van der Waals surface area contributed by atoms with Gasteiger partial charge in [0.15, 0.2) is 11.5 Å². The van der Waals surface area contributed by atoms with E-state index in [2.05, 4.69) is 6.92 Å². The van der Waals surface area contributed by atoms with Crippen LogP contribution in [0.1, 0.15) is 61.3 Å². The lowest BCUT2D eigenvalue weighted by atomic mass is 9.54. The minimum absolute atomic E-state index is 0.0442. The first-order valence-corrected chi connectivity index (χ1v) is 10.8. The van der Waals surface area contributed by atoms with E-state index in [0.717, 1.165) is 36.0 Å². The fourth-order valence-electron chi connectivity index (χ4n) is 6.62. The van der Waals surface area contributed by atoms with Crippen LogP contribution in [0.2, 0.25) is 0 Å². The summed E-state index contributed by atoms with van der Waals surface area (Å²) in [6.45, 7) is 2.10. The molecular weight excluding hydrogens is 396 g/mol. The van der Waals surface area contributed by atoms with Gasteiger partial charge in [-0.2, -0.15) is 0 Å². The molecule has 0 radical (unpaired) electrons. The highest BCUT2D eigenvalue weighted by Crippen LogP contribution is 2.65. The Kier molecular flexibility index (Phi) is 5.43. The zero-order valence-electron chi connectivity index (χ0n) is 17.4. The Bertz CT molecular complexity index is 798. The average Bonchev–Trinajstić information content (AvgIpc) is 2.96. The zero-order valence-corrected chi connectivity index (χ0v) is 18.2. The largest absolute Gasteiger partial charge is 0.502 e. The van der Waals surface area contributed by atoms with Crippen LogP contribution in [-0.4, -0.2) is 48.9 Å². The molecule has 4 rings (SSSR count). The highest BCUT2D eigenvalue weighted by molar-refractivity contribution is 6.17. The van der Waals surface area contributed by atoms with Gasteiger partial charge in [0.1, 0.15) is 0 Å². The SMILES string of the molecule is COc1c(O)c(OC)c2c(c1CCl)[C@H]1CC[C@]3(C)[C@@H](O)[C@H](O)C[C@H]3[C@@H]1CC2OC. The number of ether oxygens (including phenoxy) is 3. The molecule has 2 fully saturated rings. The summed E-state index contributed by atoms with van der Waals surface area (Å²) in [5.74, 6) is 1.50. The van der Waals surface area contributed by atoms with Crippen molar-refractivity contribution in [1.29, 1.82) is 0 Å². The number of phenols is 1. The maximum absolute atomic E-state index is 10.8. The normalized spacial score (nSPS) is 38.2. The maximum atomic E-state index is 10.8. The lowest BCUT2D eigenvalue weighted by Gasteiger charge is -2.51. The van der Waals surface area contributed by atoms with Gasteiger partial charge >= 0.3 is 0 Å². The number of methoxy groups -OCH3 is 3. The van der Waals surface area contributed by atoms with E-state index in [9.17, 15) is 15.3 Å². The van der Waals surface area contributed by atoms with Crippen LogP contribution in [0.3, 0.4) is 0 Å². The fraction of sp³-hybridized carbons (Fsp3) is 0.727. The van der Waals surface area contributed by atoms with Crippen LogP contribution in [-0.2, 0) is 10.6 Å². The van der Waals surface area contributed by atoms with Crippen LogP contribution in [0.25, 0.3) is 0 Å². The first-order chi connectivity index (χ1) is 13.8. The fourth-order valence-corrected chi connectivity index (χ4v) is 6.89. The third kappa shape index (κ3) is 2.79. The lowest BCUT2D eigenvalue weighted by Crippen LogP contribution is -2.45. The summed E-state index contributed by atoms with van der Waals surface area (Å²) >= 11 is 6.37. The molecular formula is C22H31ClO6. The van der Waals surface area contributed by atoms with Gasteiger partial charge in [-0.1, -0.05) is 6.92 Å². The van der Waals surface area contributed by atoms with Crippen LogP contribution in [0, 0.1) is 17.3 Å². The summed E-state index contributed by atoms with van der Waals surface area (Å²) in [4.78, 5) is 0. The van der Waals surface area contributed by atoms with Gasteiger partial charge in [-0.05, 0) is 54.4 Å². The van der Waals surface area contributed by atoms with Gasteiger partial charge in [0.25, 0.3) is 0 Å². The minimum atomic E-state index is -0.702. The van der Waals surface area contributed by atoms with Gasteiger partial charge in [0.2, 0.25) is 5.75 Å². The second-order valence-corrected chi connectivity index (χ2v) is 9.25. The molecule has 1 aromatic rings. The summed E-state index contributed by atoms with van der Waals surface area (Å²) in [5.41, 5.74) is 2.38. The van der Waals surface area contributed by atoms with Crippen molar-refractivity contribution in [3.05, 3.63) is 16.7 Å². The van der Waals surface area contributed by atoms with Crippen molar-refractivity contribution in [3.8, 4) is 17.2 Å². The number of alkyl halides is 1. The molecule has 0 saturated heterocycles. The average molecular weight is 427 g/mol. The molecule has 0 heterocycles. The van der Waals surface area contributed by atoms with E-state index in [1.165, 1.54) is 14.2 Å². The van der Waals surface area contributed by atoms with Crippen molar-refractivity contribution in [1.82, 2.24) is 0 Å². The molecule has 0 aromatic heterocycles. The molecule has 29 heavy (non-hydrogen) atoms. The van der Waals surface area contributed by atoms with Crippen LogP contribution >= 0.6 is 11.6 Å². The first kappa shape index (κ1) is 21.0. The second kappa shape index (κ2) is 7.49. The Morgan fingerprint density at radius 3 is 2.34 bits per heavy atom. The predicted molar refractivity (Wildman–Crippen MR) is 109 cm³/mol. The maximum Gasteiger partial charge on any atom is 0.201 e. The van der Waals surface area contributed by atoms with Crippen molar-refractivity contribution in [2.24, 2.45) is 17.3 Å². The van der Waals surface area contributed by atoms with Gasteiger partial charge in [-0.3, -0.25) is 0 Å². The molecule has 0 spiro atoms. The van der Waals surface area contributed by atoms with Crippen LogP contribution in [0.4, 0.5) is 0 Å². The number of rotatable bonds is 4. The Morgan fingerprint density at radius 2 is 1.76 bits per heavy atom. The molecule has 1 unspecified atom stereocenters. The van der Waals surface area contributed by atoms with Gasteiger partial charge in [0.05, 0.1) is 38.4 Å². The van der Waals surface area contributed by atoms with Crippen molar-refractivity contribution in [2.75, 3.05) is 21.3 Å². The van der Waals surface area contributed by atoms with Crippen LogP contribution < -0.4 is 9.47 Å². The summed E-state index contributed by atoms with van der Waals surface area (Å²) < 4.78 is 17.0. The number of aliphatic hydroxyl groups excluding tert-OH is 2. The molecule has 6 nitrogen and oxygen atoms in total. The molecule has 0 amide bonds. The summed E-state index contributed by atoms with van der Waals surface area (Å²) in [6.07, 6.45) is 1.37. The molecule has 0 aliphatic heterocycles. The number of halogens is 1. The first-order valence-electron chi connectivity index (χ1n) is 10.3. The topological polar surface area (TPSA) is 88.4 Å². The molecule has 162 valence electrons. The highest BCUT2D eigenvalue weighted by Gasteiger charge is 2.59. The van der Waals surface area contributed by atoms with Crippen LogP contribution in [0.5, 0.6) is 17.2 Å². The number of aliphatic hydroxyl groups is 2.